The first-order valence-corrected chi connectivity index (χ1v) is 12.2. The maximum absolute atomic E-state index is 13.6. The molecule has 4 aromatic rings. The second-order valence-electron chi connectivity index (χ2n) is 10.5. The Morgan fingerprint density at radius 3 is 2.65 bits per heavy atom. The summed E-state index contributed by atoms with van der Waals surface area (Å²) < 4.78 is 11.7. The van der Waals surface area contributed by atoms with Crippen molar-refractivity contribution in [3.8, 4) is 17.1 Å². The molecular formula is C30H26N2O5. The lowest BCUT2D eigenvalue weighted by molar-refractivity contribution is -0.384. The van der Waals surface area contributed by atoms with Gasteiger partial charge < -0.3 is 14.5 Å². The van der Waals surface area contributed by atoms with Crippen LogP contribution in [-0.2, 0) is 4.79 Å². The number of carbonyl (C=O) groups is 1. The van der Waals surface area contributed by atoms with E-state index in [1.54, 1.807) is 6.07 Å². The fourth-order valence-corrected chi connectivity index (χ4v) is 5.70. The molecule has 1 N–H and O–H groups in total. The smallest absolute Gasteiger partial charge is 0.273 e. The van der Waals surface area contributed by atoms with Crippen LogP contribution in [0.4, 0.5) is 11.4 Å². The van der Waals surface area contributed by atoms with Gasteiger partial charge in [-0.2, -0.15) is 0 Å². The van der Waals surface area contributed by atoms with Gasteiger partial charge in [-0.15, -0.1) is 0 Å². The Hall–Kier alpha value is -4.39. The monoisotopic (exact) mass is 494 g/mol. The van der Waals surface area contributed by atoms with Crippen LogP contribution in [0.15, 0.2) is 76.7 Å². The topological polar surface area (TPSA) is 94.6 Å². The van der Waals surface area contributed by atoms with Gasteiger partial charge in [0.1, 0.15) is 23.3 Å². The first-order valence-electron chi connectivity index (χ1n) is 12.2. The van der Waals surface area contributed by atoms with E-state index in [2.05, 4.69) is 43.4 Å². The van der Waals surface area contributed by atoms with E-state index in [0.29, 0.717) is 29.3 Å². The number of non-ortho nitro benzene ring substituents is 1. The highest BCUT2D eigenvalue weighted by atomic mass is 16.6. The normalized spacial score (nSPS) is 18.2. The summed E-state index contributed by atoms with van der Waals surface area (Å²) in [4.78, 5) is 24.4. The Balaban J connectivity index is 1.49. The standard InChI is InChI=1S/C30H26N2O5/c1-30(2)15-21-27-19-7-5-4-6-17(19)8-11-22(27)31-29(28(21)23(33)16-30)25-13-12-24(37-25)20-10-9-18(32(34)35)14-26(20)36-3/h4-14,29,31H,15-16H2,1-3H3. The molecule has 37 heavy (non-hydrogen) atoms. The molecular weight excluding hydrogens is 468 g/mol. The number of carbonyl (C=O) groups excluding carboxylic acids is 1. The number of hydrogen-bond acceptors (Lipinski definition) is 6. The van der Waals surface area contributed by atoms with E-state index in [1.807, 2.05) is 24.3 Å². The number of nitrogens with one attached hydrogen (secondary N) is 1. The summed E-state index contributed by atoms with van der Waals surface area (Å²) in [6, 6.07) is 20.1. The average molecular weight is 495 g/mol. The molecule has 0 radical (unpaired) electrons. The van der Waals surface area contributed by atoms with E-state index in [0.717, 1.165) is 39.6 Å². The number of nitro groups is 1. The number of nitrogens with zero attached hydrogens (tertiary/aromatic N) is 1. The molecule has 0 saturated carbocycles. The molecule has 1 unspecified atom stereocenters. The van der Waals surface area contributed by atoms with Crippen LogP contribution < -0.4 is 10.1 Å². The largest absolute Gasteiger partial charge is 0.496 e. The molecule has 3 aromatic carbocycles. The number of anilines is 1. The zero-order valence-electron chi connectivity index (χ0n) is 20.8. The molecule has 7 nitrogen and oxygen atoms in total. The maximum atomic E-state index is 13.6. The van der Waals surface area contributed by atoms with Gasteiger partial charge in [0.2, 0.25) is 0 Å². The van der Waals surface area contributed by atoms with Crippen LogP contribution in [0.5, 0.6) is 5.75 Å². The van der Waals surface area contributed by atoms with Gasteiger partial charge in [0.25, 0.3) is 5.69 Å². The zero-order valence-corrected chi connectivity index (χ0v) is 20.8. The molecule has 0 spiro atoms. The van der Waals surface area contributed by atoms with Crippen molar-refractivity contribution in [3.63, 3.8) is 0 Å². The van der Waals surface area contributed by atoms with Crippen LogP contribution in [-0.4, -0.2) is 17.8 Å². The lowest BCUT2D eigenvalue weighted by atomic mass is 9.68. The van der Waals surface area contributed by atoms with Crippen molar-refractivity contribution in [2.75, 3.05) is 12.4 Å². The summed E-state index contributed by atoms with van der Waals surface area (Å²) in [6.07, 6.45) is 1.25. The first kappa shape index (κ1) is 23.0. The average Bonchev–Trinajstić information content (AvgIpc) is 3.36. The Bertz CT molecular complexity index is 1630. The lowest BCUT2D eigenvalue weighted by Gasteiger charge is -2.39. The van der Waals surface area contributed by atoms with Crippen LogP contribution in [0, 0.1) is 15.5 Å². The van der Waals surface area contributed by atoms with Crippen molar-refractivity contribution in [2.24, 2.45) is 5.41 Å². The second kappa shape index (κ2) is 8.34. The zero-order chi connectivity index (χ0) is 25.9. The Labute approximate surface area is 213 Å². The van der Waals surface area contributed by atoms with Gasteiger partial charge >= 0.3 is 0 Å². The number of methoxy groups -OCH3 is 1. The Morgan fingerprint density at radius 1 is 1.05 bits per heavy atom. The lowest BCUT2D eigenvalue weighted by Crippen LogP contribution is -2.33. The Morgan fingerprint density at radius 2 is 1.86 bits per heavy atom. The van der Waals surface area contributed by atoms with Gasteiger partial charge in [-0.1, -0.05) is 44.2 Å². The summed E-state index contributed by atoms with van der Waals surface area (Å²) in [5.41, 5.74) is 4.28. The van der Waals surface area contributed by atoms with Gasteiger partial charge in [0.15, 0.2) is 5.78 Å². The summed E-state index contributed by atoms with van der Waals surface area (Å²) in [7, 11) is 1.47. The van der Waals surface area contributed by atoms with E-state index in [4.69, 9.17) is 9.15 Å². The number of hydrogen-bond donors (Lipinski definition) is 1. The van der Waals surface area contributed by atoms with Crippen LogP contribution in [0.25, 0.3) is 27.7 Å². The van der Waals surface area contributed by atoms with Gasteiger partial charge in [-0.05, 0) is 52.4 Å². The summed E-state index contributed by atoms with van der Waals surface area (Å²) in [5, 5.41) is 17.0. The molecule has 1 aliphatic carbocycles. The van der Waals surface area contributed by atoms with Crippen LogP contribution >= 0.6 is 0 Å². The molecule has 186 valence electrons. The van der Waals surface area contributed by atoms with Gasteiger partial charge in [-0.25, -0.2) is 0 Å². The molecule has 0 bridgehead atoms. The third kappa shape index (κ3) is 3.78. The van der Waals surface area contributed by atoms with Crippen LogP contribution in [0.2, 0.25) is 0 Å². The first-order chi connectivity index (χ1) is 17.8. The van der Waals surface area contributed by atoms with Crippen molar-refractivity contribution in [1.82, 2.24) is 0 Å². The number of ether oxygens (including phenoxy) is 1. The number of nitro benzene ring substituents is 1. The number of allylic oxidation sites excluding steroid dienone is 1. The third-order valence-electron chi connectivity index (χ3n) is 7.31. The van der Waals surface area contributed by atoms with Crippen molar-refractivity contribution in [3.05, 3.63) is 93.7 Å². The number of furan rings is 1. The minimum absolute atomic E-state index is 0.0598. The number of rotatable bonds is 4. The quantitative estimate of drug-likeness (QED) is 0.236. The molecule has 2 heterocycles. The predicted octanol–water partition coefficient (Wildman–Crippen LogP) is 7.33. The molecule has 1 aromatic heterocycles. The number of benzene rings is 3. The molecule has 7 heteroatoms. The summed E-state index contributed by atoms with van der Waals surface area (Å²) >= 11 is 0. The van der Waals surface area contributed by atoms with Crippen molar-refractivity contribution in [2.45, 2.75) is 32.7 Å². The van der Waals surface area contributed by atoms with Gasteiger partial charge in [-0.3, -0.25) is 14.9 Å². The maximum Gasteiger partial charge on any atom is 0.273 e. The predicted molar refractivity (Wildman–Crippen MR) is 143 cm³/mol. The highest BCUT2D eigenvalue weighted by Gasteiger charge is 2.41. The minimum atomic E-state index is -0.461. The molecule has 2 aliphatic rings. The SMILES string of the molecule is COc1cc([N+](=O)[O-])ccc1-c1ccc(C2Nc3ccc4ccccc4c3C3=C2C(=O)CC(C)(C)C3)o1. The third-order valence-corrected chi connectivity index (χ3v) is 7.31. The van der Waals surface area contributed by atoms with E-state index >= 15 is 0 Å². The molecule has 0 fully saturated rings. The fraction of sp³-hybridized carbons (Fsp3) is 0.233. The Kier molecular flexibility index (Phi) is 5.19. The highest BCUT2D eigenvalue weighted by Crippen LogP contribution is 2.52. The van der Waals surface area contributed by atoms with Crippen molar-refractivity contribution >= 4 is 33.5 Å². The second-order valence-corrected chi connectivity index (χ2v) is 10.5. The van der Waals surface area contributed by atoms with Gasteiger partial charge in [0, 0.05) is 29.3 Å². The van der Waals surface area contributed by atoms with Crippen LogP contribution in [0.3, 0.4) is 0 Å². The number of ketones is 1. The van der Waals surface area contributed by atoms with E-state index < -0.39 is 11.0 Å². The molecule has 1 atom stereocenters. The highest BCUT2D eigenvalue weighted by molar-refractivity contribution is 6.12. The fourth-order valence-electron chi connectivity index (χ4n) is 5.70. The molecule has 1 aliphatic heterocycles. The van der Waals surface area contributed by atoms with E-state index in [-0.39, 0.29) is 16.9 Å². The van der Waals surface area contributed by atoms with Crippen molar-refractivity contribution < 1.29 is 18.9 Å². The molecule has 6 rings (SSSR count). The van der Waals surface area contributed by atoms with Crippen LogP contribution in [0.1, 0.15) is 44.1 Å². The summed E-state index contributed by atoms with van der Waals surface area (Å²) in [5.74, 6) is 1.58. The van der Waals surface area contributed by atoms with Gasteiger partial charge in [0.05, 0.1) is 23.7 Å². The molecule has 0 amide bonds. The van der Waals surface area contributed by atoms with E-state index in [9.17, 15) is 14.9 Å². The number of Topliss-reactive ketones (excluding diaryl/α,β-unsaturated/α-hetero) is 1. The molecule has 0 saturated heterocycles. The van der Waals surface area contributed by atoms with E-state index in [1.165, 1.54) is 19.2 Å². The van der Waals surface area contributed by atoms with Crippen molar-refractivity contribution in [1.29, 1.82) is 0 Å². The minimum Gasteiger partial charge on any atom is -0.496 e. The number of fused-ring (bicyclic) bond motifs is 4. The summed E-state index contributed by atoms with van der Waals surface area (Å²) in [6.45, 7) is 4.28.